The number of nitrogens with zero attached hydrogens (tertiary/aromatic N) is 3. The Balaban J connectivity index is 1.43. The third-order valence-corrected chi connectivity index (χ3v) is 5.76. The second kappa shape index (κ2) is 9.99. The van der Waals surface area contributed by atoms with Crippen molar-refractivity contribution in [3.63, 3.8) is 0 Å². The maximum absolute atomic E-state index is 11.8. The SMILES string of the molecule is NC(=O)c1cnc(Nc2ccc(C3CCN(C(=O)O)CC3)cc2)nc1NCc1ccccc1. The van der Waals surface area contributed by atoms with E-state index >= 15 is 0 Å². The van der Waals surface area contributed by atoms with Gasteiger partial charge in [-0.15, -0.1) is 0 Å². The van der Waals surface area contributed by atoms with Gasteiger partial charge >= 0.3 is 6.09 Å². The van der Waals surface area contributed by atoms with Crippen molar-refractivity contribution < 1.29 is 14.7 Å². The minimum Gasteiger partial charge on any atom is -0.465 e. The van der Waals surface area contributed by atoms with E-state index in [0.717, 1.165) is 24.1 Å². The highest BCUT2D eigenvalue weighted by Gasteiger charge is 2.23. The highest BCUT2D eigenvalue weighted by atomic mass is 16.4. The molecule has 0 radical (unpaired) electrons. The molecule has 0 aliphatic carbocycles. The Kier molecular flexibility index (Phi) is 6.68. The minimum absolute atomic E-state index is 0.222. The van der Waals surface area contributed by atoms with Crippen LogP contribution >= 0.6 is 0 Å². The lowest BCUT2D eigenvalue weighted by molar-refractivity contribution is 0.1000. The van der Waals surface area contributed by atoms with E-state index in [9.17, 15) is 9.59 Å². The lowest BCUT2D eigenvalue weighted by Gasteiger charge is -2.30. The number of benzene rings is 2. The number of nitrogens with two attached hydrogens (primary N) is 1. The molecule has 1 aliphatic heterocycles. The van der Waals surface area contributed by atoms with Crippen LogP contribution in [0.5, 0.6) is 0 Å². The van der Waals surface area contributed by atoms with Gasteiger partial charge in [-0.2, -0.15) is 4.98 Å². The van der Waals surface area contributed by atoms with Crippen LogP contribution < -0.4 is 16.4 Å². The van der Waals surface area contributed by atoms with Gasteiger partial charge < -0.3 is 26.4 Å². The van der Waals surface area contributed by atoms with Gasteiger partial charge in [0, 0.05) is 31.5 Å². The fraction of sp³-hybridized carbons (Fsp3) is 0.250. The van der Waals surface area contributed by atoms with E-state index in [1.165, 1.54) is 16.7 Å². The molecule has 1 saturated heterocycles. The molecule has 0 bridgehead atoms. The molecule has 2 amide bonds. The average Bonchev–Trinajstić information content (AvgIpc) is 2.84. The summed E-state index contributed by atoms with van der Waals surface area (Å²) in [5.41, 5.74) is 8.74. The average molecular weight is 447 g/mol. The Hall–Kier alpha value is -4.14. The van der Waals surface area contributed by atoms with E-state index in [2.05, 4.69) is 20.6 Å². The minimum atomic E-state index is -0.854. The van der Waals surface area contributed by atoms with Gasteiger partial charge in [0.15, 0.2) is 0 Å². The van der Waals surface area contributed by atoms with Crippen molar-refractivity contribution in [3.8, 4) is 0 Å². The van der Waals surface area contributed by atoms with Crippen molar-refractivity contribution in [2.24, 2.45) is 5.73 Å². The zero-order chi connectivity index (χ0) is 23.2. The monoisotopic (exact) mass is 446 g/mol. The first-order valence-electron chi connectivity index (χ1n) is 10.8. The summed E-state index contributed by atoms with van der Waals surface area (Å²) in [6, 6.07) is 17.7. The fourth-order valence-corrected chi connectivity index (χ4v) is 3.91. The molecule has 3 aromatic rings. The molecule has 1 aromatic heterocycles. The summed E-state index contributed by atoms with van der Waals surface area (Å²) in [7, 11) is 0. The number of carbonyl (C=O) groups is 2. The molecule has 33 heavy (non-hydrogen) atoms. The van der Waals surface area contributed by atoms with Crippen molar-refractivity contribution in [2.45, 2.75) is 25.3 Å². The van der Waals surface area contributed by atoms with Crippen molar-refractivity contribution in [1.29, 1.82) is 0 Å². The molecule has 1 aliphatic rings. The van der Waals surface area contributed by atoms with Crippen molar-refractivity contribution in [2.75, 3.05) is 23.7 Å². The highest BCUT2D eigenvalue weighted by Crippen LogP contribution is 2.29. The summed E-state index contributed by atoms with van der Waals surface area (Å²) in [6.07, 6.45) is 2.18. The van der Waals surface area contributed by atoms with Crippen LogP contribution in [0.1, 0.15) is 40.2 Å². The predicted molar refractivity (Wildman–Crippen MR) is 126 cm³/mol. The zero-order valence-electron chi connectivity index (χ0n) is 18.1. The van der Waals surface area contributed by atoms with Gasteiger partial charge in [-0.1, -0.05) is 42.5 Å². The molecule has 4 rings (SSSR count). The molecule has 0 atom stereocenters. The van der Waals surface area contributed by atoms with Crippen LogP contribution in [0, 0.1) is 0 Å². The smallest absolute Gasteiger partial charge is 0.407 e. The maximum atomic E-state index is 11.8. The Morgan fingerprint density at radius 2 is 1.76 bits per heavy atom. The number of rotatable bonds is 7. The Bertz CT molecular complexity index is 1110. The van der Waals surface area contributed by atoms with Gasteiger partial charge in [-0.05, 0) is 42.0 Å². The van der Waals surface area contributed by atoms with Crippen molar-refractivity contribution in [1.82, 2.24) is 14.9 Å². The van der Waals surface area contributed by atoms with E-state index in [1.54, 1.807) is 0 Å². The third kappa shape index (κ3) is 5.57. The number of piperidine rings is 1. The van der Waals surface area contributed by atoms with Crippen molar-refractivity contribution >= 4 is 29.5 Å². The molecular weight excluding hydrogens is 420 g/mol. The van der Waals surface area contributed by atoms with E-state index < -0.39 is 12.0 Å². The number of carboxylic acid groups (broad SMARTS) is 1. The van der Waals surface area contributed by atoms with Gasteiger partial charge in [0.2, 0.25) is 5.95 Å². The molecular formula is C24H26N6O3. The first kappa shape index (κ1) is 22.1. The summed E-state index contributed by atoms with van der Waals surface area (Å²) < 4.78 is 0. The molecule has 2 aromatic carbocycles. The van der Waals surface area contributed by atoms with E-state index in [-0.39, 0.29) is 5.56 Å². The molecule has 5 N–H and O–H groups in total. The Labute approximate surface area is 191 Å². The summed E-state index contributed by atoms with van der Waals surface area (Å²) in [5.74, 6) is 0.452. The van der Waals surface area contributed by atoms with Crippen molar-refractivity contribution in [3.05, 3.63) is 77.5 Å². The Morgan fingerprint density at radius 1 is 1.06 bits per heavy atom. The number of hydrogen-bond donors (Lipinski definition) is 4. The van der Waals surface area contributed by atoms with Crippen LogP contribution in [0.4, 0.5) is 22.2 Å². The number of nitrogens with one attached hydrogen (secondary N) is 2. The summed E-state index contributed by atoms with van der Waals surface area (Å²) in [5, 5.41) is 15.4. The van der Waals surface area contributed by atoms with Crippen LogP contribution in [0.2, 0.25) is 0 Å². The van der Waals surface area contributed by atoms with Crippen LogP contribution in [-0.2, 0) is 6.54 Å². The van der Waals surface area contributed by atoms with E-state index in [4.69, 9.17) is 10.8 Å². The first-order chi connectivity index (χ1) is 16.0. The number of aromatic nitrogens is 2. The lowest BCUT2D eigenvalue weighted by Crippen LogP contribution is -2.36. The quantitative estimate of drug-likeness (QED) is 0.434. The maximum Gasteiger partial charge on any atom is 0.407 e. The molecule has 9 heteroatoms. The highest BCUT2D eigenvalue weighted by molar-refractivity contribution is 5.97. The molecule has 2 heterocycles. The third-order valence-electron chi connectivity index (χ3n) is 5.76. The summed E-state index contributed by atoms with van der Waals surface area (Å²) in [6.45, 7) is 1.60. The van der Waals surface area contributed by atoms with Gasteiger partial charge in [-0.25, -0.2) is 9.78 Å². The zero-order valence-corrected chi connectivity index (χ0v) is 18.1. The summed E-state index contributed by atoms with van der Waals surface area (Å²) in [4.78, 5) is 33.0. The number of carbonyl (C=O) groups excluding carboxylic acids is 1. The van der Waals surface area contributed by atoms with Gasteiger partial charge in [0.25, 0.3) is 5.91 Å². The topological polar surface area (TPSA) is 133 Å². The number of likely N-dealkylation sites (tertiary alicyclic amines) is 1. The Morgan fingerprint density at radius 3 is 2.39 bits per heavy atom. The molecule has 170 valence electrons. The molecule has 9 nitrogen and oxygen atoms in total. The molecule has 0 saturated carbocycles. The normalized spacial score (nSPS) is 14.0. The van der Waals surface area contributed by atoms with E-state index in [1.807, 2.05) is 54.6 Å². The van der Waals surface area contributed by atoms with Crippen LogP contribution in [-0.4, -0.2) is 45.1 Å². The second-order valence-electron chi connectivity index (χ2n) is 7.95. The van der Waals surface area contributed by atoms with Gasteiger partial charge in [-0.3, -0.25) is 4.79 Å². The second-order valence-corrected chi connectivity index (χ2v) is 7.95. The lowest BCUT2D eigenvalue weighted by atomic mass is 9.89. The van der Waals surface area contributed by atoms with Crippen LogP contribution in [0.25, 0.3) is 0 Å². The van der Waals surface area contributed by atoms with Gasteiger partial charge in [0.1, 0.15) is 5.82 Å². The predicted octanol–water partition coefficient (Wildman–Crippen LogP) is 3.79. The largest absolute Gasteiger partial charge is 0.465 e. The molecule has 0 unspecified atom stereocenters. The molecule has 1 fully saturated rings. The number of primary amides is 1. The summed E-state index contributed by atoms with van der Waals surface area (Å²) >= 11 is 0. The number of hydrogen-bond acceptors (Lipinski definition) is 6. The van der Waals surface area contributed by atoms with E-state index in [0.29, 0.717) is 37.3 Å². The van der Waals surface area contributed by atoms with Crippen LogP contribution in [0.15, 0.2) is 60.8 Å². The van der Waals surface area contributed by atoms with Gasteiger partial charge in [0.05, 0.1) is 5.56 Å². The standard InChI is InChI=1S/C24H26N6O3/c25-21(31)20-15-27-23(29-22(20)26-14-16-4-2-1-3-5-16)28-19-8-6-17(7-9-19)18-10-12-30(13-11-18)24(32)33/h1-9,15,18H,10-14H2,(H2,25,31)(H,32,33)(H2,26,27,28,29). The number of amides is 2. The molecule has 0 spiro atoms. The van der Waals surface area contributed by atoms with Crippen LogP contribution in [0.3, 0.4) is 0 Å². The first-order valence-corrected chi connectivity index (χ1v) is 10.8. The fourth-order valence-electron chi connectivity index (χ4n) is 3.91. The number of anilines is 3.